The van der Waals surface area contributed by atoms with Crippen molar-refractivity contribution in [1.29, 1.82) is 0 Å². The van der Waals surface area contributed by atoms with Crippen LogP contribution in [0.4, 0.5) is 0 Å². The van der Waals surface area contributed by atoms with Crippen molar-refractivity contribution in [2.24, 2.45) is 0 Å². The number of amides is 2. The molecule has 1 spiro atoms. The molecular weight excluding hydrogens is 344 g/mol. The van der Waals surface area contributed by atoms with E-state index in [9.17, 15) is 9.59 Å². The SMILES string of the molecule is O=C(CCn1cnnc1)N1CCCC12CCCN(Cc1ccccn1)C2=O. The largest absolute Gasteiger partial charge is 0.335 e. The minimum absolute atomic E-state index is 0.0363. The van der Waals surface area contributed by atoms with Gasteiger partial charge in [0.2, 0.25) is 11.8 Å². The van der Waals surface area contributed by atoms with E-state index < -0.39 is 5.54 Å². The molecule has 0 radical (unpaired) electrons. The van der Waals surface area contributed by atoms with E-state index in [1.807, 2.05) is 28.0 Å². The first-order valence-corrected chi connectivity index (χ1v) is 9.51. The van der Waals surface area contributed by atoms with E-state index in [-0.39, 0.29) is 11.8 Å². The first-order valence-electron chi connectivity index (χ1n) is 9.51. The monoisotopic (exact) mass is 368 g/mol. The van der Waals surface area contributed by atoms with Crippen LogP contribution in [0.15, 0.2) is 37.1 Å². The number of hydrogen-bond acceptors (Lipinski definition) is 5. The Hall–Kier alpha value is -2.77. The van der Waals surface area contributed by atoms with E-state index >= 15 is 0 Å². The molecule has 2 aromatic rings. The Bertz CT molecular complexity index is 794. The zero-order chi connectivity index (χ0) is 18.7. The second-order valence-electron chi connectivity index (χ2n) is 7.28. The van der Waals surface area contributed by atoms with Crippen molar-refractivity contribution in [2.45, 2.75) is 50.7 Å². The van der Waals surface area contributed by atoms with Gasteiger partial charge < -0.3 is 14.4 Å². The quantitative estimate of drug-likeness (QED) is 0.793. The van der Waals surface area contributed by atoms with Crippen LogP contribution in [0.1, 0.15) is 37.8 Å². The number of likely N-dealkylation sites (tertiary alicyclic amines) is 2. The van der Waals surface area contributed by atoms with Crippen LogP contribution in [0.2, 0.25) is 0 Å². The zero-order valence-electron chi connectivity index (χ0n) is 15.3. The molecule has 4 heterocycles. The summed E-state index contributed by atoms with van der Waals surface area (Å²) in [5.74, 6) is 0.115. The Labute approximate surface area is 158 Å². The van der Waals surface area contributed by atoms with Crippen molar-refractivity contribution < 1.29 is 9.59 Å². The van der Waals surface area contributed by atoms with Crippen LogP contribution in [-0.4, -0.2) is 60.0 Å². The second kappa shape index (κ2) is 7.46. The van der Waals surface area contributed by atoms with Crippen molar-refractivity contribution in [3.8, 4) is 0 Å². The number of nitrogens with zero attached hydrogens (tertiary/aromatic N) is 6. The first-order chi connectivity index (χ1) is 13.2. The number of piperidine rings is 1. The molecule has 1 unspecified atom stereocenters. The molecule has 0 bridgehead atoms. The lowest BCUT2D eigenvalue weighted by Gasteiger charge is -2.44. The van der Waals surface area contributed by atoms with E-state index in [0.717, 1.165) is 37.9 Å². The number of pyridine rings is 1. The molecular formula is C19H24N6O2. The Morgan fingerprint density at radius 2 is 1.89 bits per heavy atom. The van der Waals surface area contributed by atoms with Crippen LogP contribution in [0.3, 0.4) is 0 Å². The molecule has 8 nitrogen and oxygen atoms in total. The van der Waals surface area contributed by atoms with E-state index in [1.165, 1.54) is 0 Å². The number of carbonyl (C=O) groups is 2. The molecule has 0 N–H and O–H groups in total. The minimum Gasteiger partial charge on any atom is -0.335 e. The van der Waals surface area contributed by atoms with Gasteiger partial charge in [-0.25, -0.2) is 0 Å². The van der Waals surface area contributed by atoms with Gasteiger partial charge in [-0.1, -0.05) is 6.07 Å². The molecule has 1 atom stereocenters. The van der Waals surface area contributed by atoms with Gasteiger partial charge in [0.15, 0.2) is 0 Å². The summed E-state index contributed by atoms with van der Waals surface area (Å²) in [6.45, 7) is 2.42. The number of aryl methyl sites for hydroxylation is 1. The molecule has 2 amide bonds. The fourth-order valence-corrected chi connectivity index (χ4v) is 4.32. The van der Waals surface area contributed by atoms with Crippen molar-refractivity contribution in [2.75, 3.05) is 13.1 Å². The molecule has 2 aromatic heterocycles. The summed E-state index contributed by atoms with van der Waals surface area (Å²) >= 11 is 0. The van der Waals surface area contributed by atoms with Gasteiger partial charge in [0.1, 0.15) is 18.2 Å². The number of hydrogen-bond donors (Lipinski definition) is 0. The van der Waals surface area contributed by atoms with Gasteiger partial charge in [-0.2, -0.15) is 0 Å². The van der Waals surface area contributed by atoms with Crippen molar-refractivity contribution in [3.63, 3.8) is 0 Å². The molecule has 0 saturated carbocycles. The standard InChI is InChI=1S/C19H24N6O2/c26-17(6-12-23-14-21-22-15-23)25-11-4-8-19(25)7-3-10-24(18(19)27)13-16-5-1-2-9-20-16/h1-2,5,9,14-15H,3-4,6-8,10-13H2. The summed E-state index contributed by atoms with van der Waals surface area (Å²) in [4.78, 5) is 34.3. The molecule has 2 aliphatic heterocycles. The van der Waals surface area contributed by atoms with Gasteiger partial charge >= 0.3 is 0 Å². The summed E-state index contributed by atoms with van der Waals surface area (Å²) in [5.41, 5.74) is 0.212. The molecule has 2 fully saturated rings. The van der Waals surface area contributed by atoms with Crippen LogP contribution in [0.5, 0.6) is 0 Å². The number of aromatic nitrogens is 4. The Kier molecular flexibility index (Phi) is 4.87. The molecule has 27 heavy (non-hydrogen) atoms. The molecule has 2 saturated heterocycles. The maximum atomic E-state index is 13.4. The topological polar surface area (TPSA) is 84.2 Å². The lowest BCUT2D eigenvalue weighted by molar-refractivity contribution is -0.156. The summed E-state index contributed by atoms with van der Waals surface area (Å²) < 4.78 is 1.79. The predicted octanol–water partition coefficient (Wildman–Crippen LogP) is 1.25. The fraction of sp³-hybridized carbons (Fsp3) is 0.526. The second-order valence-corrected chi connectivity index (χ2v) is 7.28. The van der Waals surface area contributed by atoms with Crippen LogP contribution in [-0.2, 0) is 22.7 Å². The van der Waals surface area contributed by atoms with Gasteiger partial charge in [-0.3, -0.25) is 14.6 Å². The van der Waals surface area contributed by atoms with Crippen LogP contribution < -0.4 is 0 Å². The normalized spacial score (nSPS) is 22.6. The predicted molar refractivity (Wildman–Crippen MR) is 97.2 cm³/mol. The highest BCUT2D eigenvalue weighted by atomic mass is 16.2. The van der Waals surface area contributed by atoms with E-state index in [0.29, 0.717) is 26.1 Å². The summed E-state index contributed by atoms with van der Waals surface area (Å²) in [6, 6.07) is 5.74. The van der Waals surface area contributed by atoms with Crippen molar-refractivity contribution >= 4 is 11.8 Å². The molecule has 8 heteroatoms. The smallest absolute Gasteiger partial charge is 0.248 e. The van der Waals surface area contributed by atoms with Gasteiger partial charge in [0, 0.05) is 32.3 Å². The molecule has 2 aliphatic rings. The third kappa shape index (κ3) is 3.43. The Morgan fingerprint density at radius 3 is 2.63 bits per heavy atom. The summed E-state index contributed by atoms with van der Waals surface area (Å²) in [7, 11) is 0. The van der Waals surface area contributed by atoms with Crippen molar-refractivity contribution in [3.05, 3.63) is 42.7 Å². The lowest BCUT2D eigenvalue weighted by Crippen LogP contribution is -2.61. The van der Waals surface area contributed by atoms with E-state index in [2.05, 4.69) is 15.2 Å². The average molecular weight is 368 g/mol. The minimum atomic E-state index is -0.669. The molecule has 4 rings (SSSR count). The van der Waals surface area contributed by atoms with Crippen LogP contribution in [0.25, 0.3) is 0 Å². The van der Waals surface area contributed by atoms with Gasteiger partial charge in [-0.05, 0) is 37.8 Å². The van der Waals surface area contributed by atoms with Gasteiger partial charge in [0.05, 0.1) is 12.2 Å². The highest BCUT2D eigenvalue weighted by Crippen LogP contribution is 2.39. The highest BCUT2D eigenvalue weighted by molar-refractivity contribution is 5.92. The summed E-state index contributed by atoms with van der Waals surface area (Å²) in [5, 5.41) is 7.53. The first kappa shape index (κ1) is 17.6. The van der Waals surface area contributed by atoms with Crippen LogP contribution in [0, 0.1) is 0 Å². The Balaban J connectivity index is 1.47. The lowest BCUT2D eigenvalue weighted by atomic mass is 9.85. The van der Waals surface area contributed by atoms with E-state index in [1.54, 1.807) is 23.4 Å². The summed E-state index contributed by atoms with van der Waals surface area (Å²) in [6.07, 6.45) is 8.60. The van der Waals surface area contributed by atoms with Crippen LogP contribution >= 0.6 is 0 Å². The van der Waals surface area contributed by atoms with Gasteiger partial charge in [0.25, 0.3) is 0 Å². The number of carbonyl (C=O) groups excluding carboxylic acids is 2. The average Bonchev–Trinajstić information content (AvgIpc) is 3.35. The van der Waals surface area contributed by atoms with Gasteiger partial charge in [-0.15, -0.1) is 10.2 Å². The highest BCUT2D eigenvalue weighted by Gasteiger charge is 2.52. The third-order valence-electron chi connectivity index (χ3n) is 5.62. The molecule has 0 aromatic carbocycles. The molecule has 0 aliphatic carbocycles. The number of rotatable bonds is 5. The zero-order valence-corrected chi connectivity index (χ0v) is 15.3. The maximum Gasteiger partial charge on any atom is 0.248 e. The third-order valence-corrected chi connectivity index (χ3v) is 5.62. The van der Waals surface area contributed by atoms with Crippen molar-refractivity contribution in [1.82, 2.24) is 29.5 Å². The van der Waals surface area contributed by atoms with E-state index in [4.69, 9.17) is 0 Å². The maximum absolute atomic E-state index is 13.4. The molecule has 142 valence electrons. The Morgan fingerprint density at radius 1 is 1.11 bits per heavy atom. The fourth-order valence-electron chi connectivity index (χ4n) is 4.32.